The van der Waals surface area contributed by atoms with Crippen molar-refractivity contribution in [3.8, 4) is 0 Å². The van der Waals surface area contributed by atoms with Gasteiger partial charge in [0.25, 0.3) is 11.5 Å². The Morgan fingerprint density at radius 2 is 2.12 bits per heavy atom. The summed E-state index contributed by atoms with van der Waals surface area (Å²) in [5, 5.41) is 3.86. The number of nitrogens with zero attached hydrogens (tertiary/aromatic N) is 3. The summed E-state index contributed by atoms with van der Waals surface area (Å²) >= 11 is 0. The molecule has 2 atom stereocenters. The average molecular weight is 328 g/mol. The maximum absolute atomic E-state index is 12.9. The minimum atomic E-state index is -0.112. The molecule has 2 aromatic rings. The van der Waals surface area contributed by atoms with Gasteiger partial charge in [-0.3, -0.25) is 9.59 Å². The Hall–Kier alpha value is -2.44. The van der Waals surface area contributed by atoms with Crippen LogP contribution in [-0.2, 0) is 19.3 Å². The van der Waals surface area contributed by atoms with Crippen LogP contribution in [0.1, 0.15) is 53.1 Å². The smallest absolute Gasteiger partial charge is 0.276 e. The summed E-state index contributed by atoms with van der Waals surface area (Å²) in [5.41, 5.74) is 1.85. The van der Waals surface area contributed by atoms with Crippen molar-refractivity contribution in [3.63, 3.8) is 0 Å². The van der Waals surface area contributed by atoms with Gasteiger partial charge in [-0.05, 0) is 19.8 Å². The van der Waals surface area contributed by atoms with Gasteiger partial charge in [-0.25, -0.2) is 4.98 Å². The number of amides is 1. The van der Waals surface area contributed by atoms with Crippen LogP contribution in [0.5, 0.6) is 0 Å². The third-order valence-corrected chi connectivity index (χ3v) is 5.06. The minimum absolute atomic E-state index is 0.0242. The molecule has 0 aliphatic carbocycles. The SMILES string of the molecule is CCc1nc2c(c(=O)[nH]1)C[C@H]1CC[C@@H](C2)N1C(=O)c1cc(C)on1. The van der Waals surface area contributed by atoms with Crippen molar-refractivity contribution in [3.05, 3.63) is 45.0 Å². The number of aryl methyl sites for hydroxylation is 2. The van der Waals surface area contributed by atoms with Crippen molar-refractivity contribution < 1.29 is 9.32 Å². The molecule has 0 saturated carbocycles. The van der Waals surface area contributed by atoms with Gasteiger partial charge >= 0.3 is 0 Å². The quantitative estimate of drug-likeness (QED) is 0.899. The fourth-order valence-electron chi connectivity index (χ4n) is 3.89. The first-order chi connectivity index (χ1) is 11.6. The Morgan fingerprint density at radius 1 is 1.38 bits per heavy atom. The second-order valence-electron chi connectivity index (χ2n) is 6.62. The van der Waals surface area contributed by atoms with E-state index in [9.17, 15) is 9.59 Å². The third kappa shape index (κ3) is 2.35. The topological polar surface area (TPSA) is 92.1 Å². The second kappa shape index (κ2) is 5.58. The summed E-state index contributed by atoms with van der Waals surface area (Å²) < 4.78 is 5.04. The molecule has 1 saturated heterocycles. The summed E-state index contributed by atoms with van der Waals surface area (Å²) in [6.45, 7) is 3.74. The first-order valence-corrected chi connectivity index (χ1v) is 8.43. The molecule has 0 radical (unpaired) electrons. The predicted molar refractivity (Wildman–Crippen MR) is 85.9 cm³/mol. The maximum atomic E-state index is 12.9. The first-order valence-electron chi connectivity index (χ1n) is 8.43. The lowest BCUT2D eigenvalue weighted by molar-refractivity contribution is 0.0662. The van der Waals surface area contributed by atoms with E-state index in [-0.39, 0.29) is 23.6 Å². The molecule has 2 aromatic heterocycles. The van der Waals surface area contributed by atoms with Crippen LogP contribution in [-0.4, -0.2) is 38.0 Å². The van der Waals surface area contributed by atoms with Gasteiger partial charge < -0.3 is 14.4 Å². The normalized spacial score (nSPS) is 22.3. The Bertz CT molecular complexity index is 854. The van der Waals surface area contributed by atoms with E-state index < -0.39 is 0 Å². The Morgan fingerprint density at radius 3 is 2.79 bits per heavy atom. The van der Waals surface area contributed by atoms with Crippen LogP contribution >= 0.6 is 0 Å². The molecule has 2 aliphatic heterocycles. The zero-order valence-electron chi connectivity index (χ0n) is 13.8. The molecular formula is C17H20N4O3. The van der Waals surface area contributed by atoms with E-state index in [2.05, 4.69) is 15.1 Å². The van der Waals surface area contributed by atoms with Gasteiger partial charge in [0.2, 0.25) is 0 Å². The van der Waals surface area contributed by atoms with Crippen molar-refractivity contribution >= 4 is 5.91 Å². The fourth-order valence-corrected chi connectivity index (χ4v) is 3.89. The summed E-state index contributed by atoms with van der Waals surface area (Å²) in [7, 11) is 0. The van der Waals surface area contributed by atoms with Crippen molar-refractivity contribution in [1.82, 2.24) is 20.0 Å². The standard InChI is InChI=1S/C17H20N4O3/c1-3-15-18-13-8-11-5-4-10(7-12(13)16(22)19-15)21(11)17(23)14-6-9(2)24-20-14/h6,10-11H,3-5,7-8H2,1-2H3,(H,18,19,22)/t10-,11+/m1/s1. The second-order valence-corrected chi connectivity index (χ2v) is 6.62. The molecule has 7 heteroatoms. The molecule has 24 heavy (non-hydrogen) atoms. The fraction of sp³-hybridized carbons (Fsp3) is 0.529. The third-order valence-electron chi connectivity index (χ3n) is 5.06. The number of aromatic amines is 1. The molecule has 2 aliphatic rings. The molecule has 4 heterocycles. The lowest BCUT2D eigenvalue weighted by atomic mass is 9.98. The van der Waals surface area contributed by atoms with Crippen LogP contribution in [0.25, 0.3) is 0 Å². The molecule has 1 fully saturated rings. The molecule has 126 valence electrons. The number of hydrogen-bond acceptors (Lipinski definition) is 5. The molecule has 4 rings (SSSR count). The van der Waals surface area contributed by atoms with Gasteiger partial charge in [-0.15, -0.1) is 0 Å². The number of carbonyl (C=O) groups is 1. The van der Waals surface area contributed by atoms with Crippen molar-refractivity contribution in [2.45, 2.75) is 58.0 Å². The van der Waals surface area contributed by atoms with Crippen molar-refractivity contribution in [2.24, 2.45) is 0 Å². The summed E-state index contributed by atoms with van der Waals surface area (Å²) in [6.07, 6.45) is 3.72. The van der Waals surface area contributed by atoms with Gasteiger partial charge in [0.05, 0.1) is 5.69 Å². The highest BCUT2D eigenvalue weighted by Gasteiger charge is 2.42. The van der Waals surface area contributed by atoms with E-state index in [1.165, 1.54) is 0 Å². The number of fused-ring (bicyclic) bond motifs is 3. The molecule has 0 spiro atoms. The van der Waals surface area contributed by atoms with Gasteiger partial charge in [-0.1, -0.05) is 12.1 Å². The van der Waals surface area contributed by atoms with E-state index in [4.69, 9.17) is 4.52 Å². The van der Waals surface area contributed by atoms with Crippen LogP contribution in [0.2, 0.25) is 0 Å². The van der Waals surface area contributed by atoms with Crippen LogP contribution in [0.15, 0.2) is 15.4 Å². The highest BCUT2D eigenvalue weighted by atomic mass is 16.5. The molecule has 1 amide bonds. The molecule has 1 N–H and O–H groups in total. The lowest BCUT2D eigenvalue weighted by Crippen LogP contribution is -2.42. The van der Waals surface area contributed by atoms with Crippen LogP contribution in [0.3, 0.4) is 0 Å². The maximum Gasteiger partial charge on any atom is 0.276 e. The number of nitrogens with one attached hydrogen (secondary N) is 1. The zero-order chi connectivity index (χ0) is 16.8. The average Bonchev–Trinajstić information content (AvgIpc) is 3.10. The number of rotatable bonds is 2. The van der Waals surface area contributed by atoms with E-state index in [0.717, 1.165) is 24.1 Å². The largest absolute Gasteiger partial charge is 0.361 e. The van der Waals surface area contributed by atoms with Gasteiger partial charge in [0.1, 0.15) is 11.6 Å². The van der Waals surface area contributed by atoms with Gasteiger partial charge in [0.15, 0.2) is 5.69 Å². The lowest BCUT2D eigenvalue weighted by Gasteiger charge is -2.27. The van der Waals surface area contributed by atoms with Crippen molar-refractivity contribution in [2.75, 3.05) is 0 Å². The molecule has 7 nitrogen and oxygen atoms in total. The highest BCUT2D eigenvalue weighted by Crippen LogP contribution is 2.33. The molecule has 2 bridgehead atoms. The number of carbonyl (C=O) groups excluding carboxylic acids is 1. The van der Waals surface area contributed by atoms with Gasteiger partial charge in [0, 0.05) is 43.0 Å². The summed E-state index contributed by atoms with van der Waals surface area (Å²) in [5.74, 6) is 1.22. The molecule has 0 aromatic carbocycles. The van der Waals surface area contributed by atoms with E-state index in [1.54, 1.807) is 13.0 Å². The summed E-state index contributed by atoms with van der Waals surface area (Å²) in [6, 6.07) is 1.76. The van der Waals surface area contributed by atoms with Gasteiger partial charge in [-0.2, -0.15) is 0 Å². The van der Waals surface area contributed by atoms with E-state index in [0.29, 0.717) is 36.5 Å². The number of H-pyrrole nitrogens is 1. The van der Waals surface area contributed by atoms with E-state index >= 15 is 0 Å². The Balaban J connectivity index is 1.71. The number of hydrogen-bond donors (Lipinski definition) is 1. The molecular weight excluding hydrogens is 308 g/mol. The predicted octanol–water partition coefficient (Wildman–Crippen LogP) is 1.40. The summed E-state index contributed by atoms with van der Waals surface area (Å²) in [4.78, 5) is 34.6. The Kier molecular flexibility index (Phi) is 3.51. The number of aromatic nitrogens is 3. The van der Waals surface area contributed by atoms with Crippen molar-refractivity contribution in [1.29, 1.82) is 0 Å². The van der Waals surface area contributed by atoms with E-state index in [1.807, 2.05) is 11.8 Å². The highest BCUT2D eigenvalue weighted by molar-refractivity contribution is 5.93. The molecule has 0 unspecified atom stereocenters. The van der Waals surface area contributed by atoms with Crippen LogP contribution < -0.4 is 5.56 Å². The first kappa shape index (κ1) is 15.1. The zero-order valence-corrected chi connectivity index (χ0v) is 13.8. The minimum Gasteiger partial charge on any atom is -0.361 e. The van der Waals surface area contributed by atoms with Crippen LogP contribution in [0, 0.1) is 6.92 Å². The monoisotopic (exact) mass is 328 g/mol. The Labute approximate surface area is 139 Å². The van der Waals surface area contributed by atoms with Crippen LogP contribution in [0.4, 0.5) is 0 Å².